The van der Waals surface area contributed by atoms with E-state index in [0.29, 0.717) is 17.6 Å². The molecule has 0 unspecified atom stereocenters. The van der Waals surface area contributed by atoms with Gasteiger partial charge in [0.15, 0.2) is 6.29 Å². The molecule has 64 valence electrons. The first kappa shape index (κ1) is 7.92. The highest BCUT2D eigenvalue weighted by Gasteiger charge is 2.19. The molecule has 0 aromatic heterocycles. The number of hydrogen-bond donors (Lipinski definition) is 0. The smallest absolute Gasteiger partial charge is 0.151 e. The van der Waals surface area contributed by atoms with Crippen LogP contribution in [0.3, 0.4) is 0 Å². The zero-order valence-corrected chi connectivity index (χ0v) is 6.99. The number of allylic oxidation sites excluding steroid dienone is 2. The van der Waals surface area contributed by atoms with E-state index in [1.807, 2.05) is 24.3 Å². The van der Waals surface area contributed by atoms with Gasteiger partial charge in [0.2, 0.25) is 0 Å². The Kier molecular flexibility index (Phi) is 1.81. The molecule has 0 saturated heterocycles. The van der Waals surface area contributed by atoms with E-state index in [-0.39, 0.29) is 0 Å². The summed E-state index contributed by atoms with van der Waals surface area (Å²) in [5.74, 6) is 0. The van der Waals surface area contributed by atoms with Gasteiger partial charge in [-0.05, 0) is 11.1 Å². The molecule has 0 spiro atoms. The van der Waals surface area contributed by atoms with Gasteiger partial charge in [-0.1, -0.05) is 24.3 Å². The van der Waals surface area contributed by atoms with Crippen molar-refractivity contribution in [2.75, 3.05) is 0 Å². The number of carbonyl (C=O) groups is 2. The van der Waals surface area contributed by atoms with Crippen molar-refractivity contribution >= 4 is 18.1 Å². The van der Waals surface area contributed by atoms with Crippen LogP contribution in [0.5, 0.6) is 0 Å². The molecule has 0 saturated carbocycles. The Labute approximate surface area is 75.9 Å². The van der Waals surface area contributed by atoms with E-state index >= 15 is 0 Å². The molecule has 1 aliphatic rings. The zero-order valence-electron chi connectivity index (χ0n) is 6.99. The van der Waals surface area contributed by atoms with Gasteiger partial charge >= 0.3 is 0 Å². The third kappa shape index (κ3) is 1.11. The first-order valence-electron chi connectivity index (χ1n) is 4.08. The second kappa shape index (κ2) is 2.98. The quantitative estimate of drug-likeness (QED) is 0.632. The fourth-order valence-corrected chi connectivity index (χ4v) is 1.65. The Bertz CT molecular complexity index is 402. The number of carbonyl (C=O) groups excluding carboxylic acids is 2. The van der Waals surface area contributed by atoms with Gasteiger partial charge in [-0.2, -0.15) is 0 Å². The van der Waals surface area contributed by atoms with Crippen LogP contribution in [0.2, 0.25) is 0 Å². The highest BCUT2D eigenvalue weighted by molar-refractivity contribution is 6.15. The SMILES string of the molecule is O=CC1=C(C=O)c2ccccc2C1. The Hall–Kier alpha value is -1.70. The van der Waals surface area contributed by atoms with Crippen LogP contribution in [0.25, 0.3) is 5.57 Å². The van der Waals surface area contributed by atoms with Gasteiger partial charge in [0.1, 0.15) is 6.29 Å². The summed E-state index contributed by atoms with van der Waals surface area (Å²) in [6.45, 7) is 0. The predicted octanol–water partition coefficient (Wildman–Crippen LogP) is 1.39. The molecule has 0 radical (unpaired) electrons. The number of aldehydes is 2. The Morgan fingerprint density at radius 3 is 2.54 bits per heavy atom. The predicted molar refractivity (Wildman–Crippen MR) is 49.2 cm³/mol. The van der Waals surface area contributed by atoms with Crippen molar-refractivity contribution in [2.24, 2.45) is 0 Å². The van der Waals surface area contributed by atoms with Crippen molar-refractivity contribution in [1.29, 1.82) is 0 Å². The molecule has 2 rings (SSSR count). The van der Waals surface area contributed by atoms with Crippen molar-refractivity contribution < 1.29 is 9.59 Å². The van der Waals surface area contributed by atoms with Crippen molar-refractivity contribution in [1.82, 2.24) is 0 Å². The molecule has 1 aromatic carbocycles. The van der Waals surface area contributed by atoms with Gasteiger partial charge in [-0.15, -0.1) is 0 Å². The zero-order chi connectivity index (χ0) is 9.26. The third-order valence-corrected chi connectivity index (χ3v) is 2.29. The van der Waals surface area contributed by atoms with E-state index in [4.69, 9.17) is 0 Å². The minimum absolute atomic E-state index is 0.547. The second-order valence-electron chi connectivity index (χ2n) is 3.01. The number of benzene rings is 1. The first-order chi connectivity index (χ1) is 6.36. The first-order valence-corrected chi connectivity index (χ1v) is 4.08. The summed E-state index contributed by atoms with van der Waals surface area (Å²) in [4.78, 5) is 21.4. The van der Waals surface area contributed by atoms with Gasteiger partial charge in [-0.25, -0.2) is 0 Å². The van der Waals surface area contributed by atoms with Crippen LogP contribution in [-0.2, 0) is 16.0 Å². The lowest BCUT2D eigenvalue weighted by Crippen LogP contribution is -1.86. The third-order valence-electron chi connectivity index (χ3n) is 2.29. The largest absolute Gasteiger partial charge is 0.298 e. The summed E-state index contributed by atoms with van der Waals surface area (Å²) < 4.78 is 0. The Morgan fingerprint density at radius 1 is 1.08 bits per heavy atom. The second-order valence-corrected chi connectivity index (χ2v) is 3.01. The average Bonchev–Trinajstić information content (AvgIpc) is 2.55. The molecule has 0 heterocycles. The highest BCUT2D eigenvalue weighted by atomic mass is 16.1. The van der Waals surface area contributed by atoms with Crippen molar-refractivity contribution in [3.8, 4) is 0 Å². The Balaban J connectivity index is 2.60. The molecule has 1 aliphatic carbocycles. The molecule has 0 N–H and O–H groups in total. The lowest BCUT2D eigenvalue weighted by molar-refractivity contribution is -0.106. The van der Waals surface area contributed by atoms with E-state index in [2.05, 4.69) is 0 Å². The fourth-order valence-electron chi connectivity index (χ4n) is 1.65. The Morgan fingerprint density at radius 2 is 1.85 bits per heavy atom. The summed E-state index contributed by atoms with van der Waals surface area (Å²) >= 11 is 0. The molecule has 2 nitrogen and oxygen atoms in total. The standard InChI is InChI=1S/C11H8O2/c12-6-9-5-8-3-1-2-4-10(8)11(9)7-13/h1-4,6-7H,5H2. The maximum atomic E-state index is 10.7. The van der Waals surface area contributed by atoms with Crippen molar-refractivity contribution in [3.63, 3.8) is 0 Å². The van der Waals surface area contributed by atoms with Crippen LogP contribution in [0.1, 0.15) is 11.1 Å². The lowest BCUT2D eigenvalue weighted by Gasteiger charge is -1.96. The molecule has 13 heavy (non-hydrogen) atoms. The van der Waals surface area contributed by atoms with Crippen LogP contribution >= 0.6 is 0 Å². The topological polar surface area (TPSA) is 34.1 Å². The number of rotatable bonds is 2. The maximum Gasteiger partial charge on any atom is 0.151 e. The average molecular weight is 172 g/mol. The van der Waals surface area contributed by atoms with Crippen LogP contribution in [0.4, 0.5) is 0 Å². The molecular weight excluding hydrogens is 164 g/mol. The van der Waals surface area contributed by atoms with Crippen LogP contribution in [0.15, 0.2) is 29.8 Å². The van der Waals surface area contributed by atoms with Gasteiger partial charge in [0.25, 0.3) is 0 Å². The van der Waals surface area contributed by atoms with Crippen molar-refractivity contribution in [2.45, 2.75) is 6.42 Å². The normalized spacial score (nSPS) is 14.2. The van der Waals surface area contributed by atoms with E-state index < -0.39 is 0 Å². The summed E-state index contributed by atoms with van der Waals surface area (Å²) in [6.07, 6.45) is 2.12. The number of fused-ring (bicyclic) bond motifs is 1. The minimum atomic E-state index is 0.547. The molecule has 1 aromatic rings. The van der Waals surface area contributed by atoms with Gasteiger partial charge in [-0.3, -0.25) is 9.59 Å². The van der Waals surface area contributed by atoms with Crippen LogP contribution < -0.4 is 0 Å². The summed E-state index contributed by atoms with van der Waals surface area (Å²) in [5.41, 5.74) is 3.10. The van der Waals surface area contributed by atoms with E-state index in [1.165, 1.54) is 0 Å². The van der Waals surface area contributed by atoms with Gasteiger partial charge in [0.05, 0.1) is 0 Å². The lowest BCUT2D eigenvalue weighted by atomic mass is 10.1. The van der Waals surface area contributed by atoms with E-state index in [0.717, 1.165) is 23.7 Å². The summed E-state index contributed by atoms with van der Waals surface area (Å²) in [7, 11) is 0. The van der Waals surface area contributed by atoms with Gasteiger partial charge < -0.3 is 0 Å². The monoisotopic (exact) mass is 172 g/mol. The molecule has 0 bridgehead atoms. The number of hydrogen-bond acceptors (Lipinski definition) is 2. The highest BCUT2D eigenvalue weighted by Crippen LogP contribution is 2.29. The molecule has 0 aliphatic heterocycles. The molecule has 0 amide bonds. The molecular formula is C11H8O2. The molecule has 0 atom stereocenters. The van der Waals surface area contributed by atoms with E-state index in [1.54, 1.807) is 0 Å². The molecule has 2 heteroatoms. The minimum Gasteiger partial charge on any atom is -0.298 e. The van der Waals surface area contributed by atoms with Crippen LogP contribution in [-0.4, -0.2) is 12.6 Å². The van der Waals surface area contributed by atoms with E-state index in [9.17, 15) is 9.59 Å². The summed E-state index contributed by atoms with van der Waals surface area (Å²) in [5, 5.41) is 0. The molecule has 0 fully saturated rings. The van der Waals surface area contributed by atoms with Crippen LogP contribution in [0, 0.1) is 0 Å². The fraction of sp³-hybridized carbons (Fsp3) is 0.0909. The maximum absolute atomic E-state index is 10.7. The van der Waals surface area contributed by atoms with Crippen molar-refractivity contribution in [3.05, 3.63) is 41.0 Å². The summed E-state index contributed by atoms with van der Waals surface area (Å²) in [6, 6.07) is 7.59. The van der Waals surface area contributed by atoms with Gasteiger partial charge in [0, 0.05) is 17.6 Å².